The van der Waals surface area contributed by atoms with Crippen LogP contribution in [0.5, 0.6) is 0 Å². The lowest BCUT2D eigenvalue weighted by molar-refractivity contribution is -0.138. The third kappa shape index (κ3) is 5.40. The monoisotopic (exact) mass is 495 g/mol. The molecule has 4 rings (SSSR count). The van der Waals surface area contributed by atoms with Crippen molar-refractivity contribution in [3.8, 4) is 5.69 Å². The summed E-state index contributed by atoms with van der Waals surface area (Å²) in [7, 11) is 0. The number of likely N-dealkylation sites (N-methyl/N-ethyl adjacent to an activating group) is 1. The SMILES string of the molecule is CCN(Cc1ccccc1-n1cc(CC(=O)O)c2ccc(C(F)(F)F)cc21)C(=O)Cc1ccccn1. The molecule has 36 heavy (non-hydrogen) atoms. The highest BCUT2D eigenvalue weighted by Crippen LogP contribution is 2.34. The summed E-state index contributed by atoms with van der Waals surface area (Å²) in [5, 5.41) is 9.77. The van der Waals surface area contributed by atoms with Crippen LogP contribution >= 0.6 is 0 Å². The number of aliphatic carboxylic acids is 1. The molecule has 2 aromatic carbocycles. The van der Waals surface area contributed by atoms with Crippen molar-refractivity contribution in [2.45, 2.75) is 32.5 Å². The second-order valence-corrected chi connectivity index (χ2v) is 8.36. The number of rotatable bonds is 8. The number of carbonyl (C=O) groups is 2. The Morgan fingerprint density at radius 3 is 2.42 bits per heavy atom. The number of carbonyl (C=O) groups excluding carboxylic acids is 1. The standard InChI is InChI=1S/C27H24F3N3O3/c1-2-32(25(34)15-21-8-5-6-12-31-21)16-18-7-3-4-9-23(18)33-17-19(13-26(35)36)22-11-10-20(14-24(22)33)27(28,29)30/h3-12,14,17H,2,13,15-16H2,1H3,(H,35,36). The molecule has 6 nitrogen and oxygen atoms in total. The number of pyridine rings is 1. The number of hydrogen-bond donors (Lipinski definition) is 1. The highest BCUT2D eigenvalue weighted by molar-refractivity contribution is 5.89. The van der Waals surface area contributed by atoms with E-state index >= 15 is 0 Å². The van der Waals surface area contributed by atoms with Gasteiger partial charge in [-0.05, 0) is 48.4 Å². The summed E-state index contributed by atoms with van der Waals surface area (Å²) in [5.74, 6) is -1.21. The van der Waals surface area contributed by atoms with Crippen LogP contribution in [0, 0.1) is 0 Å². The van der Waals surface area contributed by atoms with E-state index in [1.165, 1.54) is 6.07 Å². The van der Waals surface area contributed by atoms with E-state index in [0.717, 1.165) is 12.1 Å². The van der Waals surface area contributed by atoms with Crippen molar-refractivity contribution >= 4 is 22.8 Å². The van der Waals surface area contributed by atoms with Gasteiger partial charge < -0.3 is 14.6 Å². The van der Waals surface area contributed by atoms with Gasteiger partial charge in [0.05, 0.1) is 29.6 Å². The fourth-order valence-electron chi connectivity index (χ4n) is 4.21. The fraction of sp³-hybridized carbons (Fsp3) is 0.222. The first-order chi connectivity index (χ1) is 17.2. The Kier molecular flexibility index (Phi) is 7.10. The highest BCUT2D eigenvalue weighted by Gasteiger charge is 2.31. The zero-order chi connectivity index (χ0) is 25.9. The first-order valence-corrected chi connectivity index (χ1v) is 11.4. The quantitative estimate of drug-likeness (QED) is 0.362. The Morgan fingerprint density at radius 1 is 1.00 bits per heavy atom. The van der Waals surface area contributed by atoms with Crippen LogP contribution in [0.2, 0.25) is 0 Å². The Balaban J connectivity index is 1.75. The van der Waals surface area contributed by atoms with Gasteiger partial charge in [-0.25, -0.2) is 0 Å². The molecular formula is C27H24F3N3O3. The summed E-state index contributed by atoms with van der Waals surface area (Å²) < 4.78 is 42.0. The van der Waals surface area contributed by atoms with Gasteiger partial charge in [0, 0.05) is 36.6 Å². The molecule has 0 atom stereocenters. The van der Waals surface area contributed by atoms with E-state index in [4.69, 9.17) is 0 Å². The molecule has 0 aliphatic carbocycles. The van der Waals surface area contributed by atoms with Crippen molar-refractivity contribution in [3.05, 3.63) is 95.4 Å². The number of carboxylic acids is 1. The average Bonchev–Trinajstić information content (AvgIpc) is 3.19. The molecule has 9 heteroatoms. The van der Waals surface area contributed by atoms with Gasteiger partial charge in [0.25, 0.3) is 0 Å². The van der Waals surface area contributed by atoms with E-state index in [2.05, 4.69) is 4.98 Å². The van der Waals surface area contributed by atoms with Crippen LogP contribution in [0.3, 0.4) is 0 Å². The minimum absolute atomic E-state index is 0.126. The van der Waals surface area contributed by atoms with E-state index in [1.807, 2.05) is 19.1 Å². The number of para-hydroxylation sites is 1. The van der Waals surface area contributed by atoms with Crippen LogP contribution in [0.25, 0.3) is 16.6 Å². The first kappa shape index (κ1) is 25.0. The molecule has 0 aliphatic rings. The third-order valence-corrected chi connectivity index (χ3v) is 5.96. The van der Waals surface area contributed by atoms with Gasteiger partial charge in [0.15, 0.2) is 0 Å². The maximum atomic E-state index is 13.5. The molecule has 1 amide bonds. The van der Waals surface area contributed by atoms with E-state index in [9.17, 15) is 27.9 Å². The molecular weight excluding hydrogens is 471 g/mol. The van der Waals surface area contributed by atoms with E-state index in [0.29, 0.717) is 34.4 Å². The lowest BCUT2D eigenvalue weighted by Crippen LogP contribution is -2.32. The maximum absolute atomic E-state index is 13.5. The fourth-order valence-corrected chi connectivity index (χ4v) is 4.21. The summed E-state index contributed by atoms with van der Waals surface area (Å²) in [6, 6.07) is 15.7. The smallest absolute Gasteiger partial charge is 0.416 e. The molecule has 2 aromatic heterocycles. The van der Waals surface area contributed by atoms with Crippen molar-refractivity contribution in [2.24, 2.45) is 0 Å². The zero-order valence-electron chi connectivity index (χ0n) is 19.5. The van der Waals surface area contributed by atoms with Crippen molar-refractivity contribution in [3.63, 3.8) is 0 Å². The normalized spacial score (nSPS) is 11.6. The minimum atomic E-state index is -4.55. The van der Waals surface area contributed by atoms with E-state index in [1.54, 1.807) is 52.2 Å². The Bertz CT molecular complexity index is 1400. The highest BCUT2D eigenvalue weighted by atomic mass is 19.4. The first-order valence-electron chi connectivity index (χ1n) is 11.4. The Morgan fingerprint density at radius 2 is 1.75 bits per heavy atom. The van der Waals surface area contributed by atoms with Gasteiger partial charge in [-0.2, -0.15) is 13.2 Å². The summed E-state index contributed by atoms with van der Waals surface area (Å²) in [4.78, 5) is 30.3. The average molecular weight is 496 g/mol. The maximum Gasteiger partial charge on any atom is 0.416 e. The van der Waals surface area contributed by atoms with Gasteiger partial charge in [0.1, 0.15) is 0 Å². The molecule has 0 saturated carbocycles. The van der Waals surface area contributed by atoms with Crippen LogP contribution in [0.4, 0.5) is 13.2 Å². The number of aromatic nitrogens is 2. The molecule has 2 heterocycles. The molecule has 4 aromatic rings. The number of amides is 1. The predicted molar refractivity (Wildman–Crippen MR) is 129 cm³/mol. The topological polar surface area (TPSA) is 75.4 Å². The zero-order valence-corrected chi connectivity index (χ0v) is 19.5. The van der Waals surface area contributed by atoms with Crippen molar-refractivity contribution in [1.29, 1.82) is 0 Å². The van der Waals surface area contributed by atoms with Gasteiger partial charge in [-0.1, -0.05) is 30.3 Å². The van der Waals surface area contributed by atoms with Crippen molar-refractivity contribution in [2.75, 3.05) is 6.54 Å². The summed E-state index contributed by atoms with van der Waals surface area (Å²) in [6.45, 7) is 2.50. The van der Waals surface area contributed by atoms with Gasteiger partial charge in [0.2, 0.25) is 5.91 Å². The van der Waals surface area contributed by atoms with E-state index in [-0.39, 0.29) is 30.8 Å². The lowest BCUT2D eigenvalue weighted by atomic mass is 10.1. The summed E-state index contributed by atoms with van der Waals surface area (Å²) in [6.07, 6.45) is -1.58. The summed E-state index contributed by atoms with van der Waals surface area (Å²) >= 11 is 0. The second-order valence-electron chi connectivity index (χ2n) is 8.36. The molecule has 0 spiro atoms. The number of hydrogen-bond acceptors (Lipinski definition) is 3. The second kappa shape index (κ2) is 10.2. The third-order valence-electron chi connectivity index (χ3n) is 5.96. The number of nitrogens with zero attached hydrogens (tertiary/aromatic N) is 3. The molecule has 186 valence electrons. The molecule has 0 radical (unpaired) electrons. The number of benzene rings is 2. The molecule has 0 bridgehead atoms. The number of carboxylic acid groups (broad SMARTS) is 1. The Hall–Kier alpha value is -4.14. The molecule has 0 aliphatic heterocycles. The van der Waals surface area contributed by atoms with Gasteiger partial charge in [-0.15, -0.1) is 0 Å². The van der Waals surface area contributed by atoms with Crippen LogP contribution in [0.1, 0.15) is 29.3 Å². The van der Waals surface area contributed by atoms with Gasteiger partial charge in [-0.3, -0.25) is 14.6 Å². The predicted octanol–water partition coefficient (Wildman–Crippen LogP) is 5.26. The number of alkyl halides is 3. The largest absolute Gasteiger partial charge is 0.481 e. The van der Waals surface area contributed by atoms with E-state index < -0.39 is 17.7 Å². The van der Waals surface area contributed by atoms with Crippen LogP contribution < -0.4 is 0 Å². The number of fused-ring (bicyclic) bond motifs is 1. The molecule has 0 unspecified atom stereocenters. The molecule has 0 saturated heterocycles. The molecule has 1 N–H and O–H groups in total. The van der Waals surface area contributed by atoms with Gasteiger partial charge >= 0.3 is 12.1 Å². The van der Waals surface area contributed by atoms with Crippen molar-refractivity contribution in [1.82, 2.24) is 14.5 Å². The van der Waals surface area contributed by atoms with Crippen molar-refractivity contribution < 1.29 is 27.9 Å². The minimum Gasteiger partial charge on any atom is -0.481 e. The van der Waals surface area contributed by atoms with Crippen LogP contribution in [-0.2, 0) is 35.2 Å². The number of halogens is 3. The molecule has 0 fully saturated rings. The summed E-state index contributed by atoms with van der Waals surface area (Å²) in [5.41, 5.74) is 1.75. The lowest BCUT2D eigenvalue weighted by Gasteiger charge is -2.23. The van der Waals surface area contributed by atoms with Crippen LogP contribution in [-0.4, -0.2) is 38.0 Å². The van der Waals surface area contributed by atoms with Crippen LogP contribution in [0.15, 0.2) is 73.1 Å². The Labute approximate surface area is 205 Å².